The molecule has 0 fully saturated rings. The predicted octanol–water partition coefficient (Wildman–Crippen LogP) is 5.94. The molecular weight excluding hydrogens is 469 g/mol. The van der Waals surface area contributed by atoms with Gasteiger partial charge in [0.15, 0.2) is 0 Å². The Kier molecular flexibility index (Phi) is 6.81. The average molecular weight is 496 g/mol. The van der Waals surface area contributed by atoms with E-state index in [2.05, 4.69) is 20.7 Å². The van der Waals surface area contributed by atoms with Crippen LogP contribution in [0.2, 0.25) is 0 Å². The first kappa shape index (κ1) is 24.0. The van der Waals surface area contributed by atoms with Crippen LogP contribution in [0.5, 0.6) is 0 Å². The number of aromatic amines is 1. The lowest BCUT2D eigenvalue weighted by Crippen LogP contribution is -2.24. The Morgan fingerprint density at radius 2 is 1.73 bits per heavy atom. The minimum absolute atomic E-state index is 0.149. The molecule has 0 aliphatic rings. The number of aryl methyl sites for hydroxylation is 1. The zero-order valence-corrected chi connectivity index (χ0v) is 20.2. The van der Waals surface area contributed by atoms with Crippen LogP contribution in [-0.4, -0.2) is 26.6 Å². The van der Waals surface area contributed by atoms with E-state index in [0.29, 0.717) is 17.8 Å². The summed E-state index contributed by atoms with van der Waals surface area (Å²) in [5.41, 5.74) is 4.88. The molecule has 5 aromatic rings. The first-order valence-electron chi connectivity index (χ1n) is 12.0. The Morgan fingerprint density at radius 3 is 2.49 bits per heavy atom. The van der Waals surface area contributed by atoms with Crippen molar-refractivity contribution in [3.8, 4) is 11.3 Å². The van der Waals surface area contributed by atoms with E-state index in [1.165, 1.54) is 12.1 Å². The summed E-state index contributed by atoms with van der Waals surface area (Å²) in [4.78, 5) is 28.9. The molecule has 0 aliphatic carbocycles. The van der Waals surface area contributed by atoms with E-state index >= 15 is 0 Å². The van der Waals surface area contributed by atoms with E-state index in [0.717, 1.165) is 27.7 Å². The first-order valence-corrected chi connectivity index (χ1v) is 12.0. The van der Waals surface area contributed by atoms with E-state index in [9.17, 15) is 14.0 Å². The van der Waals surface area contributed by atoms with Gasteiger partial charge in [-0.15, -0.1) is 0 Å². The third kappa shape index (κ3) is 5.43. The van der Waals surface area contributed by atoms with Crippen LogP contribution in [0, 0.1) is 5.82 Å². The summed E-state index contributed by atoms with van der Waals surface area (Å²) < 4.78 is 15.1. The summed E-state index contributed by atoms with van der Waals surface area (Å²) in [6.45, 7) is 1.76. The molecular formula is C29H26FN5O2. The molecule has 1 unspecified atom stereocenters. The highest BCUT2D eigenvalue weighted by Crippen LogP contribution is 2.31. The van der Waals surface area contributed by atoms with Crippen LogP contribution in [-0.2, 0) is 16.0 Å². The first-order chi connectivity index (χ1) is 18.0. The highest BCUT2D eigenvalue weighted by Gasteiger charge is 2.17. The van der Waals surface area contributed by atoms with E-state index in [-0.39, 0.29) is 24.1 Å². The van der Waals surface area contributed by atoms with Gasteiger partial charge in [-0.05, 0) is 79.1 Å². The van der Waals surface area contributed by atoms with Crippen LogP contribution in [0.3, 0.4) is 0 Å². The summed E-state index contributed by atoms with van der Waals surface area (Å²) >= 11 is 0. The van der Waals surface area contributed by atoms with E-state index in [1.54, 1.807) is 66.5 Å². The van der Waals surface area contributed by atoms with Crippen molar-refractivity contribution in [1.82, 2.24) is 14.8 Å². The molecule has 3 N–H and O–H groups in total. The largest absolute Gasteiger partial charge is 0.354 e. The highest BCUT2D eigenvalue weighted by atomic mass is 19.1. The third-order valence-electron chi connectivity index (χ3n) is 6.26. The molecule has 3 aromatic carbocycles. The van der Waals surface area contributed by atoms with E-state index < -0.39 is 6.04 Å². The zero-order chi connectivity index (χ0) is 25.8. The standard InChI is InChI=1S/C29H26FN5O2/c1-19(35-17-5-16-31-35)29(37)33-23-7-4-6-22(18-23)32-27(36)15-14-25-24-8-2-3-9-26(24)34-28(25)20-10-12-21(30)13-11-20/h2-13,16-19,34H,14-15H2,1H3,(H,32,36)(H,33,37). The summed E-state index contributed by atoms with van der Waals surface area (Å²) in [6.07, 6.45) is 4.11. The van der Waals surface area contributed by atoms with Crippen molar-refractivity contribution in [3.63, 3.8) is 0 Å². The second-order valence-electron chi connectivity index (χ2n) is 8.81. The fourth-order valence-electron chi connectivity index (χ4n) is 4.34. The maximum absolute atomic E-state index is 13.5. The molecule has 2 amide bonds. The van der Waals surface area contributed by atoms with Crippen LogP contribution in [0.25, 0.3) is 22.2 Å². The number of carbonyl (C=O) groups excluding carboxylic acids is 2. The second-order valence-corrected chi connectivity index (χ2v) is 8.81. The number of hydrogen-bond acceptors (Lipinski definition) is 3. The van der Waals surface area contributed by atoms with Crippen LogP contribution >= 0.6 is 0 Å². The van der Waals surface area contributed by atoms with Gasteiger partial charge in [-0.3, -0.25) is 14.3 Å². The maximum Gasteiger partial charge on any atom is 0.248 e. The highest BCUT2D eigenvalue weighted by molar-refractivity contribution is 5.96. The Bertz CT molecular complexity index is 1540. The van der Waals surface area contributed by atoms with Crippen molar-refractivity contribution >= 4 is 34.1 Å². The monoisotopic (exact) mass is 495 g/mol. The Labute approximate surface area is 213 Å². The van der Waals surface area contributed by atoms with Gasteiger partial charge in [-0.25, -0.2) is 4.39 Å². The fourth-order valence-corrected chi connectivity index (χ4v) is 4.34. The van der Waals surface area contributed by atoms with E-state index in [1.807, 2.05) is 24.3 Å². The number of nitrogens with zero attached hydrogens (tertiary/aromatic N) is 2. The van der Waals surface area contributed by atoms with Gasteiger partial charge in [-0.2, -0.15) is 5.10 Å². The molecule has 2 aromatic heterocycles. The van der Waals surface area contributed by atoms with Crippen LogP contribution in [0.4, 0.5) is 15.8 Å². The molecule has 186 valence electrons. The lowest BCUT2D eigenvalue weighted by molar-refractivity contribution is -0.119. The van der Waals surface area contributed by atoms with Gasteiger partial charge in [0.2, 0.25) is 11.8 Å². The molecule has 0 aliphatic heterocycles. The maximum atomic E-state index is 13.5. The van der Waals surface area contributed by atoms with Gasteiger partial charge in [0.1, 0.15) is 11.9 Å². The molecule has 0 radical (unpaired) electrons. The number of amides is 2. The molecule has 0 bridgehead atoms. The van der Waals surface area contributed by atoms with Crippen LogP contribution in [0.15, 0.2) is 91.3 Å². The summed E-state index contributed by atoms with van der Waals surface area (Å²) in [5, 5.41) is 10.9. The quantitative estimate of drug-likeness (QED) is 0.249. The van der Waals surface area contributed by atoms with Gasteiger partial charge in [-0.1, -0.05) is 24.3 Å². The molecule has 8 heteroatoms. The minimum Gasteiger partial charge on any atom is -0.354 e. The van der Waals surface area contributed by atoms with Crippen molar-refractivity contribution in [2.24, 2.45) is 0 Å². The van der Waals surface area contributed by atoms with Gasteiger partial charge >= 0.3 is 0 Å². The normalized spacial score (nSPS) is 11.8. The molecule has 2 heterocycles. The number of benzene rings is 3. The number of carbonyl (C=O) groups is 2. The Morgan fingerprint density at radius 1 is 0.973 bits per heavy atom. The molecule has 7 nitrogen and oxygen atoms in total. The van der Waals surface area contributed by atoms with Crippen molar-refractivity contribution in [3.05, 3.63) is 103 Å². The molecule has 0 spiro atoms. The van der Waals surface area contributed by atoms with Crippen molar-refractivity contribution in [2.45, 2.75) is 25.8 Å². The van der Waals surface area contributed by atoms with Crippen molar-refractivity contribution in [1.29, 1.82) is 0 Å². The van der Waals surface area contributed by atoms with Gasteiger partial charge < -0.3 is 15.6 Å². The number of anilines is 2. The van der Waals surface area contributed by atoms with Gasteiger partial charge in [0.05, 0.1) is 0 Å². The summed E-state index contributed by atoms with van der Waals surface area (Å²) in [5.74, 6) is -0.654. The topological polar surface area (TPSA) is 91.8 Å². The third-order valence-corrected chi connectivity index (χ3v) is 6.26. The summed E-state index contributed by atoms with van der Waals surface area (Å²) in [6, 6.07) is 22.6. The van der Waals surface area contributed by atoms with Crippen molar-refractivity contribution < 1.29 is 14.0 Å². The smallest absolute Gasteiger partial charge is 0.248 e. The molecule has 37 heavy (non-hydrogen) atoms. The predicted molar refractivity (Wildman–Crippen MR) is 143 cm³/mol. The van der Waals surface area contributed by atoms with E-state index in [4.69, 9.17) is 0 Å². The lowest BCUT2D eigenvalue weighted by Gasteiger charge is -2.13. The SMILES string of the molecule is CC(C(=O)Nc1cccc(NC(=O)CCc2c(-c3ccc(F)cc3)[nH]c3ccccc23)c1)n1cccn1. The number of halogens is 1. The zero-order valence-electron chi connectivity index (χ0n) is 20.2. The number of fused-ring (bicyclic) bond motifs is 1. The minimum atomic E-state index is -0.472. The van der Waals surface area contributed by atoms with Gasteiger partial charge in [0.25, 0.3) is 0 Å². The Hall–Kier alpha value is -4.72. The number of H-pyrrole nitrogens is 1. The number of rotatable bonds is 8. The fraction of sp³-hybridized carbons (Fsp3) is 0.138. The second kappa shape index (κ2) is 10.5. The molecule has 0 saturated heterocycles. The number of nitrogens with one attached hydrogen (secondary N) is 3. The Balaban J connectivity index is 1.27. The number of hydrogen-bond donors (Lipinski definition) is 3. The molecule has 1 atom stereocenters. The van der Waals surface area contributed by atoms with Gasteiger partial charge in [0, 0.05) is 46.8 Å². The lowest BCUT2D eigenvalue weighted by atomic mass is 10.0. The average Bonchev–Trinajstić information content (AvgIpc) is 3.56. The summed E-state index contributed by atoms with van der Waals surface area (Å²) in [7, 11) is 0. The number of para-hydroxylation sites is 1. The number of aromatic nitrogens is 3. The molecule has 0 saturated carbocycles. The van der Waals surface area contributed by atoms with Crippen LogP contribution < -0.4 is 10.6 Å². The molecule has 5 rings (SSSR count). The van der Waals surface area contributed by atoms with Crippen LogP contribution in [0.1, 0.15) is 24.9 Å². The van der Waals surface area contributed by atoms with Crippen molar-refractivity contribution in [2.75, 3.05) is 10.6 Å².